The number of aromatic nitrogens is 4. The van der Waals surface area contributed by atoms with Crippen molar-refractivity contribution in [1.82, 2.24) is 19.5 Å². The maximum atomic E-state index is 5.34. The smallest absolute Gasteiger partial charge is 0.238 e. The Labute approximate surface area is 293 Å². The lowest BCUT2D eigenvalue weighted by atomic mass is 9.95. The molecular formula is C45H32N4S. The first-order chi connectivity index (χ1) is 24.4. The maximum Gasteiger partial charge on any atom is 0.238 e. The van der Waals surface area contributed by atoms with Gasteiger partial charge in [-0.25, -0.2) is 4.98 Å². The summed E-state index contributed by atoms with van der Waals surface area (Å²) in [4.78, 5) is 15.8. The topological polar surface area (TPSA) is 43.6 Å². The van der Waals surface area contributed by atoms with Crippen LogP contribution in [0.3, 0.4) is 0 Å². The van der Waals surface area contributed by atoms with Gasteiger partial charge in [-0.3, -0.25) is 4.57 Å². The summed E-state index contributed by atoms with van der Waals surface area (Å²) in [6, 6.07) is 43.9. The third kappa shape index (κ3) is 4.33. The van der Waals surface area contributed by atoms with Crippen LogP contribution < -0.4 is 0 Å². The van der Waals surface area contributed by atoms with Crippen LogP contribution in [0.15, 0.2) is 121 Å². The third-order valence-electron chi connectivity index (χ3n) is 9.92. The number of fused-ring (bicyclic) bond motifs is 12. The highest BCUT2D eigenvalue weighted by molar-refractivity contribution is 7.27. The van der Waals surface area contributed by atoms with Crippen molar-refractivity contribution in [2.45, 2.75) is 27.7 Å². The minimum absolute atomic E-state index is 0.617. The van der Waals surface area contributed by atoms with Crippen LogP contribution in [0.2, 0.25) is 0 Å². The Hall–Kier alpha value is -5.91. The van der Waals surface area contributed by atoms with Gasteiger partial charge in [0.1, 0.15) is 0 Å². The fraction of sp³-hybridized carbons (Fsp3) is 0.0889. The van der Waals surface area contributed by atoms with Crippen molar-refractivity contribution < 1.29 is 0 Å². The lowest BCUT2D eigenvalue weighted by Gasteiger charge is -2.13. The minimum Gasteiger partial charge on any atom is -0.277 e. The van der Waals surface area contributed by atoms with E-state index >= 15 is 0 Å². The van der Waals surface area contributed by atoms with Gasteiger partial charge < -0.3 is 0 Å². The zero-order valence-corrected chi connectivity index (χ0v) is 29.1. The highest BCUT2D eigenvalue weighted by Crippen LogP contribution is 2.49. The molecule has 3 heterocycles. The SMILES string of the molecule is Cc1cc(C)cc(-c2nc(-c3cc(C)cc(C)c3)nc(-n3c4ccccc4c4c5ccc6ccccc6c5c5sc6ccccc6c5c43)n2)c1. The number of nitrogens with zero attached hydrogens (tertiary/aromatic N) is 4. The molecule has 0 saturated heterocycles. The summed E-state index contributed by atoms with van der Waals surface area (Å²) in [7, 11) is 0. The second kappa shape index (κ2) is 10.8. The van der Waals surface area contributed by atoms with Crippen molar-refractivity contribution in [2.75, 3.05) is 0 Å². The van der Waals surface area contributed by atoms with Gasteiger partial charge in [-0.2, -0.15) is 9.97 Å². The molecule has 10 rings (SSSR count). The zero-order chi connectivity index (χ0) is 33.7. The van der Waals surface area contributed by atoms with Crippen molar-refractivity contribution in [3.8, 4) is 28.7 Å². The minimum atomic E-state index is 0.617. The molecule has 7 aromatic carbocycles. The molecule has 0 bridgehead atoms. The van der Waals surface area contributed by atoms with Gasteiger partial charge in [0.05, 0.1) is 11.0 Å². The van der Waals surface area contributed by atoms with E-state index in [-0.39, 0.29) is 0 Å². The van der Waals surface area contributed by atoms with Crippen LogP contribution >= 0.6 is 11.3 Å². The van der Waals surface area contributed by atoms with Gasteiger partial charge >= 0.3 is 0 Å². The standard InChI is InChI=1S/C45H32N4S/c1-25-19-26(2)22-30(21-25)43-46-44(31-23-27(3)20-28(4)24-31)48-45(47-43)49-36-15-9-7-13-33(36)38-35-18-17-29-11-5-6-12-32(29)39(35)42-40(41(38)49)34-14-8-10-16-37(34)50-42/h5-24H,1-4H3. The average molecular weight is 661 g/mol. The van der Waals surface area contributed by atoms with Crippen LogP contribution in [0.5, 0.6) is 0 Å². The number of rotatable bonds is 3. The van der Waals surface area contributed by atoms with E-state index in [1.165, 1.54) is 74.7 Å². The first-order valence-corrected chi connectivity index (χ1v) is 17.8. The van der Waals surface area contributed by atoms with Crippen molar-refractivity contribution >= 4 is 74.9 Å². The average Bonchev–Trinajstić information content (AvgIpc) is 3.67. The number of thiophene rings is 1. The van der Waals surface area contributed by atoms with Gasteiger partial charge in [0, 0.05) is 47.5 Å². The molecule has 0 aliphatic rings. The molecule has 50 heavy (non-hydrogen) atoms. The second-order valence-corrected chi connectivity index (χ2v) is 14.7. The molecule has 0 aliphatic carbocycles. The first kappa shape index (κ1) is 29.0. The Balaban J connectivity index is 1.43. The number of aryl methyl sites for hydroxylation is 4. The number of benzene rings is 7. The molecule has 0 unspecified atom stereocenters. The van der Waals surface area contributed by atoms with Gasteiger partial charge in [-0.05, 0) is 80.3 Å². The lowest BCUT2D eigenvalue weighted by molar-refractivity contribution is 0.954. The highest BCUT2D eigenvalue weighted by Gasteiger charge is 2.25. The van der Waals surface area contributed by atoms with E-state index in [0.717, 1.165) is 22.2 Å². The van der Waals surface area contributed by atoms with E-state index in [9.17, 15) is 0 Å². The monoisotopic (exact) mass is 660 g/mol. The summed E-state index contributed by atoms with van der Waals surface area (Å²) in [5.41, 5.74) is 8.89. The molecule has 5 heteroatoms. The molecule has 0 aliphatic heterocycles. The fourth-order valence-corrected chi connectivity index (χ4v) is 9.35. The number of hydrogen-bond acceptors (Lipinski definition) is 4. The van der Waals surface area contributed by atoms with Crippen molar-refractivity contribution in [1.29, 1.82) is 0 Å². The summed E-state index contributed by atoms with van der Waals surface area (Å²) in [6.07, 6.45) is 0. The van der Waals surface area contributed by atoms with Gasteiger partial charge in [0.2, 0.25) is 5.95 Å². The molecule has 0 amide bonds. The molecule has 3 aromatic heterocycles. The van der Waals surface area contributed by atoms with Crippen molar-refractivity contribution in [3.63, 3.8) is 0 Å². The van der Waals surface area contributed by atoms with Gasteiger partial charge in [-0.1, -0.05) is 107 Å². The van der Waals surface area contributed by atoms with Crippen LogP contribution in [0.4, 0.5) is 0 Å². The number of para-hydroxylation sites is 1. The maximum absolute atomic E-state index is 5.34. The summed E-state index contributed by atoms with van der Waals surface area (Å²) in [6.45, 7) is 8.51. The Morgan fingerprint density at radius 3 is 1.74 bits per heavy atom. The normalized spacial score (nSPS) is 12.0. The van der Waals surface area contributed by atoms with Crippen LogP contribution in [0.1, 0.15) is 22.3 Å². The van der Waals surface area contributed by atoms with Crippen molar-refractivity contribution in [2.24, 2.45) is 0 Å². The zero-order valence-electron chi connectivity index (χ0n) is 28.2. The Morgan fingerprint density at radius 1 is 0.480 bits per heavy atom. The molecule has 238 valence electrons. The molecule has 4 nitrogen and oxygen atoms in total. The summed E-state index contributed by atoms with van der Waals surface area (Å²) >= 11 is 1.87. The molecule has 0 fully saturated rings. The van der Waals surface area contributed by atoms with Crippen molar-refractivity contribution in [3.05, 3.63) is 144 Å². The van der Waals surface area contributed by atoms with E-state index in [1.54, 1.807) is 0 Å². The van der Waals surface area contributed by atoms with Gasteiger partial charge in [0.15, 0.2) is 11.6 Å². The quantitative estimate of drug-likeness (QED) is 0.177. The lowest BCUT2D eigenvalue weighted by Crippen LogP contribution is -2.07. The number of hydrogen-bond donors (Lipinski definition) is 0. The van der Waals surface area contributed by atoms with E-state index in [4.69, 9.17) is 15.0 Å². The molecule has 0 radical (unpaired) electrons. The van der Waals surface area contributed by atoms with Crippen LogP contribution in [-0.2, 0) is 0 Å². The Kier molecular flexibility index (Phi) is 6.27. The third-order valence-corrected chi connectivity index (χ3v) is 11.1. The molecule has 0 saturated carbocycles. The summed E-state index contributed by atoms with van der Waals surface area (Å²) in [5.74, 6) is 1.95. The van der Waals surface area contributed by atoms with E-state index < -0.39 is 0 Å². The molecule has 10 aromatic rings. The van der Waals surface area contributed by atoms with E-state index in [2.05, 4.69) is 154 Å². The van der Waals surface area contributed by atoms with E-state index in [0.29, 0.717) is 17.6 Å². The summed E-state index contributed by atoms with van der Waals surface area (Å²) in [5, 5.41) is 9.95. The molecule has 0 spiro atoms. The largest absolute Gasteiger partial charge is 0.277 e. The van der Waals surface area contributed by atoms with Crippen LogP contribution in [-0.4, -0.2) is 19.5 Å². The van der Waals surface area contributed by atoms with Gasteiger partial charge in [-0.15, -0.1) is 11.3 Å². The van der Waals surface area contributed by atoms with Gasteiger partial charge in [0.25, 0.3) is 0 Å². The highest BCUT2D eigenvalue weighted by atomic mass is 32.1. The molecule has 0 N–H and O–H groups in total. The first-order valence-electron chi connectivity index (χ1n) is 17.0. The molecular weight excluding hydrogens is 629 g/mol. The van der Waals surface area contributed by atoms with Crippen LogP contribution in [0, 0.1) is 27.7 Å². The fourth-order valence-electron chi connectivity index (χ4n) is 8.07. The molecule has 0 atom stereocenters. The Morgan fingerprint density at radius 2 is 1.06 bits per heavy atom. The van der Waals surface area contributed by atoms with Crippen LogP contribution in [0.25, 0.3) is 92.2 Å². The predicted octanol–water partition coefficient (Wildman–Crippen LogP) is 12.2. The second-order valence-electron chi connectivity index (χ2n) is 13.6. The Bertz CT molecular complexity index is 2930. The predicted molar refractivity (Wildman–Crippen MR) is 212 cm³/mol. The van der Waals surface area contributed by atoms with E-state index in [1.807, 2.05) is 11.3 Å². The summed E-state index contributed by atoms with van der Waals surface area (Å²) < 4.78 is 4.86.